The van der Waals surface area contributed by atoms with Crippen LogP contribution in [-0.4, -0.2) is 21.0 Å². The molecule has 0 aliphatic heterocycles. The molecule has 2 rings (SSSR count). The molecule has 0 aliphatic rings. The number of aryl methyl sites for hydroxylation is 1. The van der Waals surface area contributed by atoms with Crippen molar-refractivity contribution in [2.45, 2.75) is 20.3 Å². The van der Waals surface area contributed by atoms with Crippen LogP contribution in [0.2, 0.25) is 0 Å². The van der Waals surface area contributed by atoms with E-state index < -0.39 is 0 Å². The highest BCUT2D eigenvalue weighted by Gasteiger charge is 2.04. The Kier molecular flexibility index (Phi) is 3.18. The van der Waals surface area contributed by atoms with Crippen LogP contribution in [0.25, 0.3) is 5.69 Å². The second kappa shape index (κ2) is 4.78. The third-order valence-electron chi connectivity index (χ3n) is 2.32. The van der Waals surface area contributed by atoms with Crippen LogP contribution in [0.5, 0.6) is 5.75 Å². The molecule has 1 heterocycles. The zero-order chi connectivity index (χ0) is 12.3. The maximum atomic E-state index is 11.1. The molecule has 0 saturated heterocycles. The molecule has 0 N–H and O–H groups in total. The first-order valence-corrected chi connectivity index (χ1v) is 5.39. The predicted octanol–water partition coefficient (Wildman–Crippen LogP) is 1.89. The third kappa shape index (κ3) is 2.50. The number of rotatable bonds is 3. The lowest BCUT2D eigenvalue weighted by atomic mass is 10.3. The van der Waals surface area contributed by atoms with E-state index in [1.54, 1.807) is 29.9 Å². The summed E-state index contributed by atoms with van der Waals surface area (Å²) in [6.45, 7) is 3.68. The zero-order valence-electron chi connectivity index (χ0n) is 9.75. The second-order valence-electron chi connectivity index (χ2n) is 3.61. The van der Waals surface area contributed by atoms with E-state index in [0.29, 0.717) is 12.2 Å². The zero-order valence-corrected chi connectivity index (χ0v) is 9.75. The SMILES string of the molecule is CCC(=O)Oc1ccc(-n2nncc2C)cc1. The van der Waals surface area contributed by atoms with Crippen molar-refractivity contribution in [1.29, 1.82) is 0 Å². The van der Waals surface area contributed by atoms with E-state index in [9.17, 15) is 4.79 Å². The molecule has 17 heavy (non-hydrogen) atoms. The number of ether oxygens (including phenoxy) is 1. The highest BCUT2D eigenvalue weighted by atomic mass is 16.5. The van der Waals surface area contributed by atoms with Crippen LogP contribution >= 0.6 is 0 Å². The molecular weight excluding hydrogens is 218 g/mol. The average Bonchev–Trinajstić information content (AvgIpc) is 2.76. The largest absolute Gasteiger partial charge is 0.427 e. The Morgan fingerprint density at radius 2 is 2.06 bits per heavy atom. The summed E-state index contributed by atoms with van der Waals surface area (Å²) in [6, 6.07) is 7.15. The number of hydrogen-bond acceptors (Lipinski definition) is 4. The Balaban J connectivity index is 2.19. The van der Waals surface area contributed by atoms with Crippen molar-refractivity contribution < 1.29 is 9.53 Å². The lowest BCUT2D eigenvalue weighted by molar-refractivity contribution is -0.134. The van der Waals surface area contributed by atoms with Gasteiger partial charge in [0.15, 0.2) is 0 Å². The van der Waals surface area contributed by atoms with Crippen LogP contribution in [0.3, 0.4) is 0 Å². The molecule has 2 aromatic rings. The summed E-state index contributed by atoms with van der Waals surface area (Å²) in [5, 5.41) is 7.76. The van der Waals surface area contributed by atoms with Crippen molar-refractivity contribution in [2.24, 2.45) is 0 Å². The van der Waals surface area contributed by atoms with Crippen molar-refractivity contribution in [2.75, 3.05) is 0 Å². The molecular formula is C12H13N3O2. The summed E-state index contributed by atoms with van der Waals surface area (Å²) in [5.41, 5.74) is 1.83. The number of aromatic nitrogens is 3. The van der Waals surface area contributed by atoms with Gasteiger partial charge in [-0.3, -0.25) is 4.79 Å². The van der Waals surface area contributed by atoms with Crippen LogP contribution in [0.4, 0.5) is 0 Å². The van der Waals surface area contributed by atoms with Crippen LogP contribution in [0, 0.1) is 6.92 Å². The molecule has 1 aromatic heterocycles. The first kappa shape index (κ1) is 11.3. The quantitative estimate of drug-likeness (QED) is 0.598. The highest BCUT2D eigenvalue weighted by Crippen LogP contribution is 2.16. The fourth-order valence-electron chi connectivity index (χ4n) is 1.40. The van der Waals surface area contributed by atoms with E-state index in [-0.39, 0.29) is 5.97 Å². The molecule has 0 aliphatic carbocycles. The lowest BCUT2D eigenvalue weighted by Gasteiger charge is -2.05. The van der Waals surface area contributed by atoms with Gasteiger partial charge in [-0.15, -0.1) is 5.10 Å². The Hall–Kier alpha value is -2.17. The van der Waals surface area contributed by atoms with Crippen molar-refractivity contribution in [3.63, 3.8) is 0 Å². The summed E-state index contributed by atoms with van der Waals surface area (Å²) in [6.07, 6.45) is 2.05. The van der Waals surface area contributed by atoms with Gasteiger partial charge in [0.05, 0.1) is 17.6 Å². The average molecular weight is 231 g/mol. The molecule has 88 valence electrons. The summed E-state index contributed by atoms with van der Waals surface area (Å²) >= 11 is 0. The van der Waals surface area contributed by atoms with Gasteiger partial charge < -0.3 is 4.74 Å². The smallest absolute Gasteiger partial charge is 0.310 e. The maximum absolute atomic E-state index is 11.1. The van der Waals surface area contributed by atoms with E-state index in [4.69, 9.17) is 4.74 Å². The molecule has 0 radical (unpaired) electrons. The fourth-order valence-corrected chi connectivity index (χ4v) is 1.40. The number of carbonyl (C=O) groups excluding carboxylic acids is 1. The van der Waals surface area contributed by atoms with Crippen molar-refractivity contribution in [3.8, 4) is 11.4 Å². The van der Waals surface area contributed by atoms with Crippen LogP contribution in [-0.2, 0) is 4.79 Å². The molecule has 0 saturated carbocycles. The molecule has 0 amide bonds. The number of nitrogens with zero attached hydrogens (tertiary/aromatic N) is 3. The maximum Gasteiger partial charge on any atom is 0.310 e. The van der Waals surface area contributed by atoms with Crippen LogP contribution < -0.4 is 4.74 Å². The second-order valence-corrected chi connectivity index (χ2v) is 3.61. The van der Waals surface area contributed by atoms with Crippen LogP contribution in [0.15, 0.2) is 30.5 Å². The Bertz CT molecular complexity index is 517. The monoisotopic (exact) mass is 231 g/mol. The Morgan fingerprint density at radius 3 is 2.59 bits per heavy atom. The Labute approximate surface area is 99.0 Å². The fraction of sp³-hybridized carbons (Fsp3) is 0.250. The number of carbonyl (C=O) groups is 1. The van der Waals surface area contributed by atoms with Gasteiger partial charge in [0, 0.05) is 6.42 Å². The van der Waals surface area contributed by atoms with Gasteiger partial charge in [0.2, 0.25) is 0 Å². The molecule has 0 unspecified atom stereocenters. The first-order chi connectivity index (χ1) is 8.20. The van der Waals surface area contributed by atoms with E-state index >= 15 is 0 Å². The molecule has 1 aromatic carbocycles. The van der Waals surface area contributed by atoms with E-state index in [0.717, 1.165) is 11.4 Å². The van der Waals surface area contributed by atoms with Gasteiger partial charge >= 0.3 is 5.97 Å². The van der Waals surface area contributed by atoms with Gasteiger partial charge in [-0.1, -0.05) is 12.1 Å². The summed E-state index contributed by atoms with van der Waals surface area (Å²) in [7, 11) is 0. The van der Waals surface area contributed by atoms with Crippen LogP contribution in [0.1, 0.15) is 19.0 Å². The van der Waals surface area contributed by atoms with Gasteiger partial charge in [0.25, 0.3) is 0 Å². The number of benzene rings is 1. The summed E-state index contributed by atoms with van der Waals surface area (Å²) < 4.78 is 6.80. The Morgan fingerprint density at radius 1 is 1.35 bits per heavy atom. The number of hydrogen-bond donors (Lipinski definition) is 0. The van der Waals surface area contributed by atoms with E-state index in [2.05, 4.69) is 10.3 Å². The first-order valence-electron chi connectivity index (χ1n) is 5.39. The lowest BCUT2D eigenvalue weighted by Crippen LogP contribution is -2.05. The molecule has 0 spiro atoms. The molecule has 0 atom stereocenters. The van der Waals surface area contributed by atoms with Gasteiger partial charge in [-0.05, 0) is 31.2 Å². The van der Waals surface area contributed by atoms with Crippen molar-refractivity contribution in [3.05, 3.63) is 36.2 Å². The number of esters is 1. The molecule has 5 nitrogen and oxygen atoms in total. The van der Waals surface area contributed by atoms with Gasteiger partial charge in [-0.2, -0.15) is 0 Å². The normalized spacial score (nSPS) is 10.2. The molecule has 0 fully saturated rings. The minimum Gasteiger partial charge on any atom is -0.427 e. The summed E-state index contributed by atoms with van der Waals surface area (Å²) in [5.74, 6) is 0.299. The highest BCUT2D eigenvalue weighted by molar-refractivity contribution is 5.71. The molecule has 0 bridgehead atoms. The third-order valence-corrected chi connectivity index (χ3v) is 2.32. The predicted molar refractivity (Wildman–Crippen MR) is 62.0 cm³/mol. The van der Waals surface area contributed by atoms with E-state index in [1.807, 2.05) is 19.1 Å². The van der Waals surface area contributed by atoms with Gasteiger partial charge in [0.1, 0.15) is 5.75 Å². The van der Waals surface area contributed by atoms with Crippen molar-refractivity contribution >= 4 is 5.97 Å². The standard InChI is InChI=1S/C12H13N3O2/c1-3-12(16)17-11-6-4-10(5-7-11)15-9(2)8-13-14-15/h4-8H,3H2,1-2H3. The van der Waals surface area contributed by atoms with Crippen molar-refractivity contribution in [1.82, 2.24) is 15.0 Å². The minimum absolute atomic E-state index is 0.241. The molecule has 5 heteroatoms. The van der Waals surface area contributed by atoms with E-state index in [1.165, 1.54) is 0 Å². The van der Waals surface area contributed by atoms with Gasteiger partial charge in [-0.25, -0.2) is 4.68 Å². The topological polar surface area (TPSA) is 57.0 Å². The summed E-state index contributed by atoms with van der Waals surface area (Å²) in [4.78, 5) is 11.1. The minimum atomic E-state index is -0.241.